The number of hydrogen-bond acceptors (Lipinski definition) is 6. The highest BCUT2D eigenvalue weighted by atomic mass is 16.6. The third-order valence-corrected chi connectivity index (χ3v) is 4.67. The average molecular weight is 372 g/mol. The summed E-state index contributed by atoms with van der Waals surface area (Å²) < 4.78 is 1.47. The first kappa shape index (κ1) is 19.0. The van der Waals surface area contributed by atoms with Gasteiger partial charge in [0.15, 0.2) is 5.69 Å². The van der Waals surface area contributed by atoms with E-state index in [9.17, 15) is 14.9 Å². The number of piperazine rings is 1. The molecule has 0 aliphatic carbocycles. The molecule has 1 amide bonds. The summed E-state index contributed by atoms with van der Waals surface area (Å²) in [5, 5.41) is 19.1. The topological polar surface area (TPSA) is 97.4 Å². The van der Waals surface area contributed by atoms with Gasteiger partial charge in [0.25, 0.3) is 11.6 Å². The van der Waals surface area contributed by atoms with Gasteiger partial charge >= 0.3 is 0 Å². The number of rotatable bonds is 5. The molecule has 9 heteroatoms. The Hall–Kier alpha value is -2.81. The van der Waals surface area contributed by atoms with Crippen LogP contribution in [0.5, 0.6) is 0 Å². The van der Waals surface area contributed by atoms with E-state index in [1.54, 1.807) is 24.0 Å². The highest BCUT2D eigenvalue weighted by Gasteiger charge is 2.26. The van der Waals surface area contributed by atoms with E-state index in [2.05, 4.69) is 29.1 Å². The van der Waals surface area contributed by atoms with Crippen LogP contribution in [-0.2, 0) is 0 Å². The minimum atomic E-state index is -0.460. The van der Waals surface area contributed by atoms with Gasteiger partial charge in [-0.25, -0.2) is 4.68 Å². The number of carbonyl (C=O) groups is 1. The quantitative estimate of drug-likeness (QED) is 0.587. The Labute approximate surface area is 157 Å². The Kier molecular flexibility index (Phi) is 5.50. The van der Waals surface area contributed by atoms with Crippen LogP contribution in [-0.4, -0.2) is 68.3 Å². The Balaban J connectivity index is 1.75. The zero-order valence-corrected chi connectivity index (χ0v) is 15.8. The molecule has 0 radical (unpaired) electrons. The molecule has 1 saturated heterocycles. The summed E-state index contributed by atoms with van der Waals surface area (Å²) in [6.45, 7) is 10.2. The van der Waals surface area contributed by atoms with Crippen molar-refractivity contribution < 1.29 is 9.72 Å². The number of nitro groups is 1. The number of amides is 1. The lowest BCUT2D eigenvalue weighted by molar-refractivity contribution is -0.384. The normalized spacial score (nSPS) is 15.3. The van der Waals surface area contributed by atoms with Crippen molar-refractivity contribution in [2.24, 2.45) is 5.92 Å². The average Bonchev–Trinajstić information content (AvgIpc) is 3.03. The summed E-state index contributed by atoms with van der Waals surface area (Å²) in [5.74, 6) is 0.456. The van der Waals surface area contributed by atoms with Gasteiger partial charge in [-0.1, -0.05) is 25.1 Å². The molecule has 3 rings (SSSR count). The molecular formula is C18H24N6O3. The Bertz CT molecular complexity index is 839. The molecule has 9 nitrogen and oxygen atoms in total. The van der Waals surface area contributed by atoms with Gasteiger partial charge < -0.3 is 4.90 Å². The molecule has 27 heavy (non-hydrogen) atoms. The number of nitro benzene ring substituents is 1. The summed E-state index contributed by atoms with van der Waals surface area (Å²) in [7, 11) is 0. The summed E-state index contributed by atoms with van der Waals surface area (Å²) in [4.78, 5) is 27.5. The van der Waals surface area contributed by atoms with E-state index >= 15 is 0 Å². The molecule has 0 bridgehead atoms. The molecular weight excluding hydrogens is 348 g/mol. The first-order chi connectivity index (χ1) is 12.9. The van der Waals surface area contributed by atoms with Crippen LogP contribution in [0.1, 0.15) is 30.0 Å². The predicted octanol–water partition coefficient (Wildman–Crippen LogP) is 1.90. The zero-order valence-electron chi connectivity index (χ0n) is 15.8. The van der Waals surface area contributed by atoms with Gasteiger partial charge in [-0.2, -0.15) is 0 Å². The second-order valence-electron chi connectivity index (χ2n) is 7.20. The van der Waals surface area contributed by atoms with E-state index < -0.39 is 4.92 Å². The van der Waals surface area contributed by atoms with Crippen LogP contribution >= 0.6 is 0 Å². The number of aromatic nitrogens is 3. The van der Waals surface area contributed by atoms with E-state index in [1.165, 1.54) is 16.8 Å². The van der Waals surface area contributed by atoms with Crippen LogP contribution in [0.25, 0.3) is 5.69 Å². The SMILES string of the molecule is Cc1c(C(=O)N2CCN(CC(C)C)CC2)nnn1-c1cccc([N+](=O)[O-])c1. The van der Waals surface area contributed by atoms with Gasteiger partial charge in [0.05, 0.1) is 16.3 Å². The van der Waals surface area contributed by atoms with Crippen molar-refractivity contribution in [3.63, 3.8) is 0 Å². The number of non-ortho nitro benzene ring substituents is 1. The van der Waals surface area contributed by atoms with Crippen molar-refractivity contribution in [3.8, 4) is 5.69 Å². The maximum atomic E-state index is 12.9. The Morgan fingerprint density at radius 1 is 1.26 bits per heavy atom. The summed E-state index contributed by atoms with van der Waals surface area (Å²) in [5.41, 5.74) is 1.34. The lowest BCUT2D eigenvalue weighted by Gasteiger charge is -2.35. The fourth-order valence-electron chi connectivity index (χ4n) is 3.31. The third kappa shape index (κ3) is 4.13. The summed E-state index contributed by atoms with van der Waals surface area (Å²) in [6.07, 6.45) is 0. The molecule has 0 N–H and O–H groups in total. The van der Waals surface area contributed by atoms with Crippen LogP contribution in [0.2, 0.25) is 0 Å². The van der Waals surface area contributed by atoms with Gasteiger partial charge in [-0.15, -0.1) is 5.10 Å². The van der Waals surface area contributed by atoms with Gasteiger partial charge in [-0.05, 0) is 18.9 Å². The fraction of sp³-hybridized carbons (Fsp3) is 0.500. The van der Waals surface area contributed by atoms with E-state index in [0.29, 0.717) is 36.1 Å². The molecule has 1 aromatic heterocycles. The zero-order chi connectivity index (χ0) is 19.6. The fourth-order valence-corrected chi connectivity index (χ4v) is 3.31. The highest BCUT2D eigenvalue weighted by Crippen LogP contribution is 2.19. The number of nitrogens with zero attached hydrogens (tertiary/aromatic N) is 6. The second-order valence-corrected chi connectivity index (χ2v) is 7.20. The van der Waals surface area contributed by atoms with Crippen molar-refractivity contribution in [2.45, 2.75) is 20.8 Å². The van der Waals surface area contributed by atoms with Gasteiger partial charge in [0.2, 0.25) is 0 Å². The van der Waals surface area contributed by atoms with E-state index in [4.69, 9.17) is 0 Å². The smallest absolute Gasteiger partial charge is 0.276 e. The van der Waals surface area contributed by atoms with Crippen molar-refractivity contribution in [2.75, 3.05) is 32.7 Å². The van der Waals surface area contributed by atoms with Crippen molar-refractivity contribution in [3.05, 3.63) is 45.8 Å². The van der Waals surface area contributed by atoms with Crippen LogP contribution in [0.3, 0.4) is 0 Å². The lowest BCUT2D eigenvalue weighted by atomic mass is 10.2. The lowest BCUT2D eigenvalue weighted by Crippen LogP contribution is -2.49. The maximum Gasteiger partial charge on any atom is 0.276 e. The van der Waals surface area contributed by atoms with Crippen LogP contribution < -0.4 is 0 Å². The monoisotopic (exact) mass is 372 g/mol. The van der Waals surface area contributed by atoms with Gasteiger partial charge in [0, 0.05) is 44.9 Å². The first-order valence-corrected chi connectivity index (χ1v) is 9.05. The van der Waals surface area contributed by atoms with Crippen LogP contribution in [0.15, 0.2) is 24.3 Å². The highest BCUT2D eigenvalue weighted by molar-refractivity contribution is 5.93. The molecule has 1 aliphatic rings. The third-order valence-electron chi connectivity index (χ3n) is 4.67. The minimum Gasteiger partial charge on any atom is -0.335 e. The van der Waals surface area contributed by atoms with Gasteiger partial charge in [-0.3, -0.25) is 19.8 Å². The van der Waals surface area contributed by atoms with Crippen molar-refractivity contribution >= 4 is 11.6 Å². The number of hydrogen-bond donors (Lipinski definition) is 0. The molecule has 1 aliphatic heterocycles. The summed E-state index contributed by atoms with van der Waals surface area (Å²) in [6, 6.07) is 6.12. The standard InChI is InChI=1S/C18H24N6O3/c1-13(2)12-21-7-9-22(10-8-21)18(25)17-14(3)23(20-19-17)15-5-4-6-16(11-15)24(26)27/h4-6,11,13H,7-10,12H2,1-3H3. The van der Waals surface area contributed by atoms with Crippen LogP contribution in [0.4, 0.5) is 5.69 Å². The molecule has 1 aromatic carbocycles. The van der Waals surface area contributed by atoms with Crippen molar-refractivity contribution in [1.29, 1.82) is 0 Å². The molecule has 2 aromatic rings. The largest absolute Gasteiger partial charge is 0.335 e. The maximum absolute atomic E-state index is 12.9. The first-order valence-electron chi connectivity index (χ1n) is 9.05. The molecule has 0 spiro atoms. The van der Waals surface area contributed by atoms with Crippen molar-refractivity contribution in [1.82, 2.24) is 24.8 Å². The molecule has 0 saturated carbocycles. The Morgan fingerprint density at radius 2 is 1.96 bits per heavy atom. The molecule has 0 atom stereocenters. The minimum absolute atomic E-state index is 0.0310. The van der Waals surface area contributed by atoms with E-state index in [1.807, 2.05) is 0 Å². The summed E-state index contributed by atoms with van der Waals surface area (Å²) >= 11 is 0. The van der Waals surface area contributed by atoms with Gasteiger partial charge in [0.1, 0.15) is 0 Å². The van der Waals surface area contributed by atoms with Crippen LogP contribution in [0, 0.1) is 23.0 Å². The van der Waals surface area contributed by atoms with E-state index in [-0.39, 0.29) is 11.6 Å². The molecule has 144 valence electrons. The molecule has 0 unspecified atom stereocenters. The Morgan fingerprint density at radius 3 is 2.59 bits per heavy atom. The van der Waals surface area contributed by atoms with E-state index in [0.717, 1.165) is 19.6 Å². The molecule has 2 heterocycles. The number of benzene rings is 1. The second kappa shape index (κ2) is 7.83. The number of carbonyl (C=O) groups excluding carboxylic acids is 1. The predicted molar refractivity (Wildman–Crippen MR) is 99.9 cm³/mol. The molecule has 1 fully saturated rings.